The van der Waals surface area contributed by atoms with Gasteiger partial charge >= 0.3 is 0 Å². The van der Waals surface area contributed by atoms with Crippen LogP contribution in [0.25, 0.3) is 0 Å². The molecule has 106 valence electrons. The number of rotatable bonds is 6. The molecule has 1 heterocycles. The molecule has 0 bridgehead atoms. The van der Waals surface area contributed by atoms with Gasteiger partial charge in [-0.05, 0) is 23.0 Å². The number of carbonyl (C=O) groups is 1. The van der Waals surface area contributed by atoms with Gasteiger partial charge < -0.3 is 9.74 Å². The first-order chi connectivity index (χ1) is 8.30. The molecule has 1 unspecified atom stereocenters. The van der Waals surface area contributed by atoms with Gasteiger partial charge in [0.05, 0.1) is 12.6 Å². The van der Waals surface area contributed by atoms with E-state index in [9.17, 15) is 4.79 Å². The molecule has 1 amide bonds. The minimum atomic E-state index is -1.77. The summed E-state index contributed by atoms with van der Waals surface area (Å²) in [6, 6.07) is 0.237. The molecular weight excluding hydrogens is 242 g/mol. The second-order valence-corrected chi connectivity index (χ2v) is 11.9. The van der Waals surface area contributed by atoms with Gasteiger partial charge in [-0.25, -0.2) is 0 Å². The molecule has 18 heavy (non-hydrogen) atoms. The van der Waals surface area contributed by atoms with Crippen molar-refractivity contribution in [3.8, 4) is 0 Å². The lowest BCUT2D eigenvalue weighted by Crippen LogP contribution is -2.50. The molecule has 1 rings (SSSR count). The van der Waals surface area contributed by atoms with Gasteiger partial charge in [0, 0.05) is 6.42 Å². The van der Waals surface area contributed by atoms with E-state index in [0.717, 1.165) is 6.42 Å². The number of carbonyl (C=O) groups excluding carboxylic acids is 1. The number of hydrogen-bond donors (Lipinski definition) is 1. The van der Waals surface area contributed by atoms with E-state index in [1.807, 2.05) is 0 Å². The SMILES string of the molecule is CC(C)[Si](OCC1CCC(=O)N1)(C(C)C)C(C)C. The maximum absolute atomic E-state index is 11.2. The zero-order valence-electron chi connectivity index (χ0n) is 12.7. The summed E-state index contributed by atoms with van der Waals surface area (Å²) in [5.74, 6) is 0.175. The zero-order valence-corrected chi connectivity index (χ0v) is 13.7. The Hall–Kier alpha value is -0.353. The third-order valence-corrected chi connectivity index (χ3v) is 10.4. The van der Waals surface area contributed by atoms with E-state index >= 15 is 0 Å². The molecule has 4 heteroatoms. The molecule has 0 radical (unpaired) electrons. The summed E-state index contributed by atoms with van der Waals surface area (Å²) in [5, 5.41) is 3.00. The van der Waals surface area contributed by atoms with Crippen molar-refractivity contribution in [3.63, 3.8) is 0 Å². The maximum Gasteiger partial charge on any atom is 0.220 e. The minimum absolute atomic E-state index is 0.175. The van der Waals surface area contributed by atoms with Crippen molar-refractivity contribution in [3.05, 3.63) is 0 Å². The van der Waals surface area contributed by atoms with Crippen LogP contribution >= 0.6 is 0 Å². The van der Waals surface area contributed by atoms with Crippen LogP contribution in [0.5, 0.6) is 0 Å². The van der Waals surface area contributed by atoms with Gasteiger partial charge in [0.2, 0.25) is 5.91 Å². The average molecular weight is 271 g/mol. The Labute approximate surface area is 113 Å². The van der Waals surface area contributed by atoms with Crippen molar-refractivity contribution in [2.24, 2.45) is 0 Å². The molecule has 1 saturated heterocycles. The van der Waals surface area contributed by atoms with Gasteiger partial charge in [-0.2, -0.15) is 0 Å². The first-order valence-electron chi connectivity index (χ1n) is 7.24. The Kier molecular flexibility index (Phi) is 5.41. The predicted molar refractivity (Wildman–Crippen MR) is 78.2 cm³/mol. The number of amides is 1. The van der Waals surface area contributed by atoms with E-state index in [-0.39, 0.29) is 11.9 Å². The van der Waals surface area contributed by atoms with Gasteiger partial charge in [0.25, 0.3) is 0 Å². The summed E-state index contributed by atoms with van der Waals surface area (Å²) < 4.78 is 6.47. The quantitative estimate of drug-likeness (QED) is 0.751. The molecule has 1 atom stereocenters. The van der Waals surface area contributed by atoms with Crippen molar-refractivity contribution >= 4 is 14.2 Å². The van der Waals surface area contributed by atoms with Crippen molar-refractivity contribution < 1.29 is 9.22 Å². The lowest BCUT2D eigenvalue weighted by atomic mass is 10.2. The molecule has 0 aromatic carbocycles. The van der Waals surface area contributed by atoms with Crippen LogP contribution in [0.3, 0.4) is 0 Å². The third-order valence-electron chi connectivity index (χ3n) is 4.33. The Morgan fingerprint density at radius 1 is 1.17 bits per heavy atom. The molecule has 1 aliphatic heterocycles. The molecule has 1 aliphatic rings. The summed E-state index contributed by atoms with van der Waals surface area (Å²) in [4.78, 5) is 11.2. The van der Waals surface area contributed by atoms with E-state index in [1.165, 1.54) is 0 Å². The van der Waals surface area contributed by atoms with Crippen molar-refractivity contribution in [1.29, 1.82) is 0 Å². The van der Waals surface area contributed by atoms with Crippen LogP contribution in [0.4, 0.5) is 0 Å². The van der Waals surface area contributed by atoms with E-state index in [4.69, 9.17) is 4.43 Å². The highest BCUT2D eigenvalue weighted by atomic mass is 28.4. The van der Waals surface area contributed by atoms with Crippen molar-refractivity contribution in [1.82, 2.24) is 5.32 Å². The molecule has 0 aromatic heterocycles. The van der Waals surface area contributed by atoms with Gasteiger partial charge in [0.1, 0.15) is 0 Å². The summed E-state index contributed by atoms with van der Waals surface area (Å²) in [5.41, 5.74) is 1.82. The standard InChI is InChI=1S/C14H29NO2Si/c1-10(2)18(11(3)4,12(5)6)17-9-13-7-8-14(16)15-13/h10-13H,7-9H2,1-6H3,(H,15,16). The van der Waals surface area contributed by atoms with Crippen LogP contribution in [0, 0.1) is 0 Å². The summed E-state index contributed by atoms with van der Waals surface area (Å²) in [7, 11) is -1.77. The molecular formula is C14H29NO2Si. The highest BCUT2D eigenvalue weighted by Gasteiger charge is 2.45. The average Bonchev–Trinajstić information content (AvgIpc) is 2.63. The smallest absolute Gasteiger partial charge is 0.220 e. The van der Waals surface area contributed by atoms with Gasteiger partial charge in [-0.15, -0.1) is 0 Å². The first-order valence-corrected chi connectivity index (χ1v) is 9.38. The van der Waals surface area contributed by atoms with Crippen LogP contribution in [0.15, 0.2) is 0 Å². The molecule has 3 nitrogen and oxygen atoms in total. The molecule has 0 aliphatic carbocycles. The van der Waals surface area contributed by atoms with E-state index in [0.29, 0.717) is 29.7 Å². The zero-order chi connectivity index (χ0) is 13.9. The second kappa shape index (κ2) is 6.20. The van der Waals surface area contributed by atoms with Crippen LogP contribution < -0.4 is 5.32 Å². The van der Waals surface area contributed by atoms with E-state index < -0.39 is 8.32 Å². The minimum Gasteiger partial charge on any atom is -0.414 e. The van der Waals surface area contributed by atoms with Crippen LogP contribution in [0.2, 0.25) is 16.6 Å². The molecule has 0 saturated carbocycles. The Morgan fingerprint density at radius 2 is 1.67 bits per heavy atom. The highest BCUT2D eigenvalue weighted by Crippen LogP contribution is 2.42. The lowest BCUT2D eigenvalue weighted by Gasteiger charge is -2.42. The van der Waals surface area contributed by atoms with Gasteiger partial charge in [0.15, 0.2) is 8.32 Å². The topological polar surface area (TPSA) is 38.3 Å². The second-order valence-electron chi connectivity index (χ2n) is 6.43. The van der Waals surface area contributed by atoms with E-state index in [1.54, 1.807) is 0 Å². The maximum atomic E-state index is 11.2. The van der Waals surface area contributed by atoms with Crippen molar-refractivity contribution in [2.45, 2.75) is 77.0 Å². The van der Waals surface area contributed by atoms with Crippen LogP contribution in [-0.4, -0.2) is 26.9 Å². The largest absolute Gasteiger partial charge is 0.414 e. The molecule has 0 aromatic rings. The summed E-state index contributed by atoms with van der Waals surface area (Å²) >= 11 is 0. The Morgan fingerprint density at radius 3 is 2.00 bits per heavy atom. The van der Waals surface area contributed by atoms with Crippen LogP contribution in [-0.2, 0) is 9.22 Å². The van der Waals surface area contributed by atoms with Gasteiger partial charge in [-0.1, -0.05) is 41.5 Å². The summed E-state index contributed by atoms with van der Waals surface area (Å²) in [6.45, 7) is 14.4. The lowest BCUT2D eigenvalue weighted by molar-refractivity contribution is -0.119. The monoisotopic (exact) mass is 271 g/mol. The first kappa shape index (κ1) is 15.7. The number of nitrogens with one attached hydrogen (secondary N) is 1. The fraction of sp³-hybridized carbons (Fsp3) is 0.929. The Bertz CT molecular complexity index is 268. The molecule has 0 spiro atoms. The fourth-order valence-corrected chi connectivity index (χ4v) is 9.04. The predicted octanol–water partition coefficient (Wildman–Crippen LogP) is 3.46. The number of hydrogen-bond acceptors (Lipinski definition) is 2. The van der Waals surface area contributed by atoms with E-state index in [2.05, 4.69) is 46.9 Å². The highest BCUT2D eigenvalue weighted by molar-refractivity contribution is 6.77. The normalized spacial score (nSPS) is 21.2. The van der Waals surface area contributed by atoms with Gasteiger partial charge in [-0.3, -0.25) is 4.79 Å². The molecule has 1 N–H and O–H groups in total. The van der Waals surface area contributed by atoms with Crippen molar-refractivity contribution in [2.75, 3.05) is 6.61 Å². The Balaban J connectivity index is 2.69. The third kappa shape index (κ3) is 3.15. The molecule has 1 fully saturated rings. The summed E-state index contributed by atoms with van der Waals surface area (Å²) in [6.07, 6.45) is 1.59. The van der Waals surface area contributed by atoms with Crippen LogP contribution in [0.1, 0.15) is 54.4 Å². The fourth-order valence-electron chi connectivity index (χ4n) is 3.55.